The number of hydrogen-bond acceptors (Lipinski definition) is 3. The van der Waals surface area contributed by atoms with Gasteiger partial charge in [-0.3, -0.25) is 9.89 Å². The molecule has 2 aromatic rings. The van der Waals surface area contributed by atoms with Crippen LogP contribution in [0, 0.1) is 13.8 Å². The Kier molecular flexibility index (Phi) is 1.27. The molecule has 2 rings (SSSR count). The van der Waals surface area contributed by atoms with E-state index in [0.717, 1.165) is 5.69 Å². The van der Waals surface area contributed by atoms with Crippen LogP contribution in [0.15, 0.2) is 11.1 Å². The molecule has 2 heterocycles. The topological polar surface area (TPSA) is 63.1 Å². The maximum Gasteiger partial charge on any atom is 0.229 e. The maximum absolute atomic E-state index is 11.5. The number of fused-ring (bicyclic) bond motifs is 1. The van der Waals surface area contributed by atoms with Gasteiger partial charge in [-0.05, 0) is 13.8 Å². The molecule has 12 heavy (non-hydrogen) atoms. The van der Waals surface area contributed by atoms with E-state index in [-0.39, 0.29) is 5.43 Å². The molecule has 0 aliphatic rings. The smallest absolute Gasteiger partial charge is 0.229 e. The Morgan fingerprint density at radius 2 is 2.25 bits per heavy atom. The lowest BCUT2D eigenvalue weighted by molar-refractivity contribution is 0.875. The van der Waals surface area contributed by atoms with Crippen molar-refractivity contribution in [1.29, 1.82) is 0 Å². The minimum absolute atomic E-state index is 0.0660. The standard InChI is InChI=1S/C7H8N4O/c1-4-5(2)10-11-3-8-9-7(11)6(4)12/h3,10H,1-2H3. The van der Waals surface area contributed by atoms with Gasteiger partial charge in [0, 0.05) is 11.3 Å². The van der Waals surface area contributed by atoms with Crippen LogP contribution in [0.3, 0.4) is 0 Å². The monoisotopic (exact) mass is 164 g/mol. The third-order valence-electron chi connectivity index (χ3n) is 1.94. The van der Waals surface area contributed by atoms with Gasteiger partial charge in [0.1, 0.15) is 6.33 Å². The summed E-state index contributed by atoms with van der Waals surface area (Å²) in [4.78, 5) is 11.5. The molecule has 0 radical (unpaired) electrons. The average molecular weight is 164 g/mol. The molecule has 0 spiro atoms. The molecule has 0 bridgehead atoms. The predicted molar refractivity (Wildman–Crippen MR) is 43.1 cm³/mol. The van der Waals surface area contributed by atoms with E-state index in [4.69, 9.17) is 0 Å². The first-order chi connectivity index (χ1) is 5.70. The number of aromatic nitrogens is 4. The molecule has 0 atom stereocenters. The number of rotatable bonds is 0. The van der Waals surface area contributed by atoms with Crippen molar-refractivity contribution >= 4 is 5.65 Å². The minimum Gasteiger partial charge on any atom is -0.295 e. The SMILES string of the molecule is Cc1[nH]n2cnnc2c(=O)c1C. The Bertz CT molecular complexity index is 482. The average Bonchev–Trinajstić information content (AvgIpc) is 2.48. The van der Waals surface area contributed by atoms with Gasteiger partial charge in [-0.2, -0.15) is 0 Å². The summed E-state index contributed by atoms with van der Waals surface area (Å²) in [6, 6.07) is 0. The summed E-state index contributed by atoms with van der Waals surface area (Å²) in [7, 11) is 0. The Hall–Kier alpha value is -1.65. The lowest BCUT2D eigenvalue weighted by Gasteiger charge is -1.99. The van der Waals surface area contributed by atoms with E-state index in [1.165, 1.54) is 10.8 Å². The van der Waals surface area contributed by atoms with E-state index in [0.29, 0.717) is 11.2 Å². The van der Waals surface area contributed by atoms with E-state index in [1.54, 1.807) is 6.92 Å². The van der Waals surface area contributed by atoms with Crippen LogP contribution in [0.5, 0.6) is 0 Å². The number of aromatic amines is 1. The summed E-state index contributed by atoms with van der Waals surface area (Å²) in [6.07, 6.45) is 1.48. The van der Waals surface area contributed by atoms with Gasteiger partial charge in [0.25, 0.3) is 0 Å². The fourth-order valence-electron chi connectivity index (χ4n) is 1.07. The quantitative estimate of drug-likeness (QED) is 0.597. The van der Waals surface area contributed by atoms with Crippen LogP contribution in [0.1, 0.15) is 11.3 Å². The van der Waals surface area contributed by atoms with Gasteiger partial charge < -0.3 is 0 Å². The van der Waals surface area contributed by atoms with Gasteiger partial charge in [-0.15, -0.1) is 10.2 Å². The van der Waals surface area contributed by atoms with Crippen molar-refractivity contribution in [3.8, 4) is 0 Å². The first-order valence-electron chi connectivity index (χ1n) is 3.59. The van der Waals surface area contributed by atoms with Gasteiger partial charge in [0.05, 0.1) is 0 Å². The number of nitrogens with one attached hydrogen (secondary N) is 1. The zero-order valence-electron chi connectivity index (χ0n) is 6.83. The summed E-state index contributed by atoms with van der Waals surface area (Å²) in [6.45, 7) is 3.61. The fourth-order valence-corrected chi connectivity index (χ4v) is 1.07. The van der Waals surface area contributed by atoms with Crippen molar-refractivity contribution in [3.63, 3.8) is 0 Å². The van der Waals surface area contributed by atoms with Crippen LogP contribution in [0.4, 0.5) is 0 Å². The highest BCUT2D eigenvalue weighted by Gasteiger charge is 2.05. The molecule has 1 N–H and O–H groups in total. The van der Waals surface area contributed by atoms with Gasteiger partial charge in [0.2, 0.25) is 11.1 Å². The lowest BCUT2D eigenvalue weighted by Crippen LogP contribution is -2.13. The van der Waals surface area contributed by atoms with Crippen LogP contribution >= 0.6 is 0 Å². The molecule has 0 saturated carbocycles. The highest BCUT2D eigenvalue weighted by atomic mass is 16.1. The van der Waals surface area contributed by atoms with Crippen molar-refractivity contribution in [1.82, 2.24) is 19.8 Å². The summed E-state index contributed by atoms with van der Waals surface area (Å²) in [5.74, 6) is 0. The third kappa shape index (κ3) is 0.761. The molecule has 0 aliphatic carbocycles. The van der Waals surface area contributed by atoms with Crippen molar-refractivity contribution in [2.45, 2.75) is 13.8 Å². The van der Waals surface area contributed by atoms with E-state index in [1.807, 2.05) is 6.92 Å². The Morgan fingerprint density at radius 3 is 3.00 bits per heavy atom. The molecule has 2 aromatic heterocycles. The number of hydrogen-bond donors (Lipinski definition) is 1. The van der Waals surface area contributed by atoms with E-state index in [9.17, 15) is 4.79 Å². The van der Waals surface area contributed by atoms with Crippen LogP contribution in [-0.4, -0.2) is 19.8 Å². The second-order valence-corrected chi connectivity index (χ2v) is 2.72. The second kappa shape index (κ2) is 2.17. The van der Waals surface area contributed by atoms with Gasteiger partial charge in [0.15, 0.2) is 0 Å². The molecule has 62 valence electrons. The third-order valence-corrected chi connectivity index (χ3v) is 1.94. The maximum atomic E-state index is 11.5. The van der Waals surface area contributed by atoms with Crippen molar-refractivity contribution in [3.05, 3.63) is 27.8 Å². The molecule has 0 unspecified atom stereocenters. The van der Waals surface area contributed by atoms with Crippen LogP contribution in [0.25, 0.3) is 5.65 Å². The molecule has 0 aliphatic heterocycles. The summed E-state index contributed by atoms with van der Waals surface area (Å²) in [5, 5.41) is 10.3. The molecule has 5 heteroatoms. The molecule has 5 nitrogen and oxygen atoms in total. The number of nitrogens with zero attached hydrogens (tertiary/aromatic N) is 3. The molecule has 0 amide bonds. The van der Waals surface area contributed by atoms with Gasteiger partial charge >= 0.3 is 0 Å². The molecule has 0 fully saturated rings. The zero-order valence-corrected chi connectivity index (χ0v) is 6.83. The number of H-pyrrole nitrogens is 1. The predicted octanol–water partition coefficient (Wildman–Crippen LogP) is 0.0344. The molecule has 0 saturated heterocycles. The zero-order chi connectivity index (χ0) is 8.72. The molecule has 0 aromatic carbocycles. The van der Waals surface area contributed by atoms with E-state index in [2.05, 4.69) is 15.3 Å². The lowest BCUT2D eigenvalue weighted by atomic mass is 10.2. The summed E-state index contributed by atoms with van der Waals surface area (Å²) < 4.78 is 1.52. The van der Waals surface area contributed by atoms with Crippen LogP contribution in [0.2, 0.25) is 0 Å². The summed E-state index contributed by atoms with van der Waals surface area (Å²) >= 11 is 0. The molecular weight excluding hydrogens is 156 g/mol. The number of aryl methyl sites for hydroxylation is 1. The summed E-state index contributed by atoms with van der Waals surface area (Å²) in [5.41, 5.74) is 1.81. The van der Waals surface area contributed by atoms with Crippen LogP contribution in [-0.2, 0) is 0 Å². The Balaban J connectivity index is 3.05. The largest absolute Gasteiger partial charge is 0.295 e. The van der Waals surface area contributed by atoms with Crippen molar-refractivity contribution < 1.29 is 0 Å². The first kappa shape index (κ1) is 7.02. The van der Waals surface area contributed by atoms with E-state index >= 15 is 0 Å². The highest BCUT2D eigenvalue weighted by molar-refractivity contribution is 5.39. The molecular formula is C7H8N4O. The second-order valence-electron chi connectivity index (χ2n) is 2.72. The van der Waals surface area contributed by atoms with E-state index < -0.39 is 0 Å². The Morgan fingerprint density at radius 1 is 1.50 bits per heavy atom. The first-order valence-corrected chi connectivity index (χ1v) is 3.59. The fraction of sp³-hybridized carbons (Fsp3) is 0.286. The van der Waals surface area contributed by atoms with Crippen molar-refractivity contribution in [2.24, 2.45) is 0 Å². The highest BCUT2D eigenvalue weighted by Crippen LogP contribution is 1.97. The van der Waals surface area contributed by atoms with Gasteiger partial charge in [-0.25, -0.2) is 4.52 Å². The van der Waals surface area contributed by atoms with Crippen LogP contribution < -0.4 is 5.43 Å². The Labute approximate surface area is 68.0 Å². The van der Waals surface area contributed by atoms with Gasteiger partial charge in [-0.1, -0.05) is 0 Å². The normalized spacial score (nSPS) is 10.8. The van der Waals surface area contributed by atoms with Crippen molar-refractivity contribution in [2.75, 3.05) is 0 Å². The minimum atomic E-state index is -0.0660.